The summed E-state index contributed by atoms with van der Waals surface area (Å²) >= 11 is 0. The summed E-state index contributed by atoms with van der Waals surface area (Å²) in [5.74, 6) is 0. The first kappa shape index (κ1) is 22.9. The molecule has 0 aromatic heterocycles. The molecule has 1 rings (SSSR count). The molecule has 3 nitrogen and oxygen atoms in total. The minimum Gasteiger partial charge on any atom is -1.00 e. The third-order valence-corrected chi connectivity index (χ3v) is 2.27. The van der Waals surface area contributed by atoms with Crippen molar-refractivity contribution < 1.29 is 16.9 Å². The van der Waals surface area contributed by atoms with Crippen LogP contribution in [0, 0.1) is 0 Å². The van der Waals surface area contributed by atoms with E-state index in [-0.39, 0.29) is 37.2 Å². The summed E-state index contributed by atoms with van der Waals surface area (Å²) in [4.78, 5) is 0. The van der Waals surface area contributed by atoms with Gasteiger partial charge in [0.1, 0.15) is 0 Å². The molecule has 0 radical (unpaired) electrons. The zero-order valence-corrected chi connectivity index (χ0v) is 13.5. The van der Waals surface area contributed by atoms with Crippen LogP contribution < -0.4 is 23.5 Å². The van der Waals surface area contributed by atoms with Crippen molar-refractivity contribution in [3.63, 3.8) is 0 Å². The number of quaternary nitrogens is 1. The van der Waals surface area contributed by atoms with Crippen molar-refractivity contribution in [1.29, 1.82) is 0 Å². The molecule has 0 unspecified atom stereocenters. The van der Waals surface area contributed by atoms with Gasteiger partial charge in [-0.1, -0.05) is 12.1 Å². The molecule has 0 fully saturated rings. The maximum absolute atomic E-state index is 5.62. The first-order valence-electron chi connectivity index (χ1n) is 5.33. The molecular weight excluding hydrogens is 293 g/mol. The van der Waals surface area contributed by atoms with Crippen LogP contribution in [0.5, 0.6) is 0 Å². The number of rotatable bonds is 5. The van der Waals surface area contributed by atoms with Crippen LogP contribution in [-0.4, -0.2) is 38.7 Å². The molecule has 0 saturated carbocycles. The molecule has 1 aromatic rings. The van der Waals surface area contributed by atoms with Gasteiger partial charge in [-0.05, 0) is 17.7 Å². The standard InChI is InChI=1S/C12H22N3.3ClH/c1-15(2,3)9-8-14-10-11-4-6-12(13)7-5-11;;;/h4-7,14H,8-10,13H2,1-3H3;3*1H/q+1;;;/p-1. The molecule has 0 amide bonds. The highest BCUT2D eigenvalue weighted by atomic mass is 35.5. The minimum atomic E-state index is 0. The van der Waals surface area contributed by atoms with Crippen LogP contribution in [0.2, 0.25) is 0 Å². The molecule has 0 heterocycles. The van der Waals surface area contributed by atoms with E-state index in [4.69, 9.17) is 5.73 Å². The topological polar surface area (TPSA) is 38.0 Å². The second-order valence-corrected chi connectivity index (χ2v) is 4.93. The van der Waals surface area contributed by atoms with Gasteiger partial charge in [0.05, 0.1) is 27.7 Å². The summed E-state index contributed by atoms with van der Waals surface area (Å²) in [6.45, 7) is 3.09. The fourth-order valence-electron chi connectivity index (χ4n) is 1.28. The lowest BCUT2D eigenvalue weighted by Gasteiger charge is -2.23. The number of nitrogens with two attached hydrogens (primary N) is 1. The van der Waals surface area contributed by atoms with Crippen molar-refractivity contribution in [2.75, 3.05) is 40.0 Å². The number of nitrogen functional groups attached to an aromatic ring is 1. The first-order chi connectivity index (χ1) is 6.97. The summed E-state index contributed by atoms with van der Waals surface area (Å²) in [5.41, 5.74) is 7.72. The number of nitrogens with zero attached hydrogens (tertiary/aromatic N) is 1. The Labute approximate surface area is 129 Å². The Kier molecular flexibility index (Phi) is 13.6. The van der Waals surface area contributed by atoms with Gasteiger partial charge in [0, 0.05) is 18.8 Å². The van der Waals surface area contributed by atoms with Gasteiger partial charge in [-0.2, -0.15) is 0 Å². The van der Waals surface area contributed by atoms with E-state index in [1.807, 2.05) is 12.1 Å². The average molecular weight is 317 g/mol. The van der Waals surface area contributed by atoms with Crippen molar-refractivity contribution in [1.82, 2.24) is 5.32 Å². The van der Waals surface area contributed by atoms with E-state index < -0.39 is 0 Å². The van der Waals surface area contributed by atoms with Gasteiger partial charge in [-0.15, -0.1) is 24.8 Å². The molecule has 0 bridgehead atoms. The van der Waals surface area contributed by atoms with Crippen molar-refractivity contribution in [3.05, 3.63) is 29.8 Å². The van der Waals surface area contributed by atoms with Gasteiger partial charge in [0.15, 0.2) is 0 Å². The number of hydrogen-bond acceptors (Lipinski definition) is 2. The number of likely N-dealkylation sites (N-methyl/N-ethyl adjacent to an activating group) is 1. The van der Waals surface area contributed by atoms with E-state index >= 15 is 0 Å². The fraction of sp³-hybridized carbons (Fsp3) is 0.500. The van der Waals surface area contributed by atoms with Gasteiger partial charge >= 0.3 is 0 Å². The Morgan fingerprint density at radius 2 is 1.56 bits per heavy atom. The highest BCUT2D eigenvalue weighted by Gasteiger charge is 2.04. The summed E-state index contributed by atoms with van der Waals surface area (Å²) in [6, 6.07) is 8.01. The zero-order chi connectivity index (χ0) is 11.3. The third-order valence-electron chi connectivity index (χ3n) is 2.27. The normalized spacial score (nSPS) is 9.72. The molecule has 18 heavy (non-hydrogen) atoms. The quantitative estimate of drug-likeness (QED) is 0.412. The number of halogens is 3. The summed E-state index contributed by atoms with van der Waals surface area (Å²) in [6.07, 6.45) is 0. The summed E-state index contributed by atoms with van der Waals surface area (Å²) in [5, 5.41) is 3.42. The Morgan fingerprint density at radius 3 is 2.00 bits per heavy atom. The molecule has 0 aliphatic carbocycles. The highest BCUT2D eigenvalue weighted by molar-refractivity contribution is 5.85. The molecular formula is C12H24Cl3N3. The molecule has 108 valence electrons. The van der Waals surface area contributed by atoms with Crippen LogP contribution in [0.4, 0.5) is 5.69 Å². The SMILES string of the molecule is C[N+](C)(C)CCNCc1ccc(N)cc1.Cl.Cl.[Cl-]. The Balaban J connectivity index is -0.000000750. The summed E-state index contributed by atoms with van der Waals surface area (Å²) in [7, 11) is 6.60. The lowest BCUT2D eigenvalue weighted by molar-refractivity contribution is -0.869. The van der Waals surface area contributed by atoms with Crippen LogP contribution >= 0.6 is 24.8 Å². The van der Waals surface area contributed by atoms with Gasteiger partial charge in [-0.25, -0.2) is 0 Å². The van der Waals surface area contributed by atoms with E-state index in [2.05, 4.69) is 38.6 Å². The highest BCUT2D eigenvalue weighted by Crippen LogP contribution is 2.04. The maximum atomic E-state index is 5.62. The molecule has 0 aliphatic rings. The molecule has 0 saturated heterocycles. The van der Waals surface area contributed by atoms with Crippen molar-refractivity contribution in [3.8, 4) is 0 Å². The zero-order valence-electron chi connectivity index (χ0n) is 11.1. The van der Waals surface area contributed by atoms with Crippen molar-refractivity contribution >= 4 is 30.5 Å². The number of benzene rings is 1. The van der Waals surface area contributed by atoms with Crippen molar-refractivity contribution in [2.24, 2.45) is 0 Å². The molecule has 1 aromatic carbocycles. The van der Waals surface area contributed by atoms with Gasteiger partial charge in [0.25, 0.3) is 0 Å². The molecule has 6 heteroatoms. The molecule has 0 aliphatic heterocycles. The van der Waals surface area contributed by atoms with E-state index in [0.29, 0.717) is 0 Å². The number of anilines is 1. The minimum absolute atomic E-state index is 0. The number of hydrogen-bond donors (Lipinski definition) is 2. The van der Waals surface area contributed by atoms with Gasteiger partial charge in [0.2, 0.25) is 0 Å². The second kappa shape index (κ2) is 10.7. The summed E-state index contributed by atoms with van der Waals surface area (Å²) < 4.78 is 0.995. The second-order valence-electron chi connectivity index (χ2n) is 4.93. The third kappa shape index (κ3) is 10.9. The van der Waals surface area contributed by atoms with Crippen LogP contribution in [0.25, 0.3) is 0 Å². The van der Waals surface area contributed by atoms with Crippen LogP contribution in [0.1, 0.15) is 5.56 Å². The van der Waals surface area contributed by atoms with E-state index in [1.165, 1.54) is 5.56 Å². The fourth-order valence-corrected chi connectivity index (χ4v) is 1.28. The Hall–Kier alpha value is -0.190. The van der Waals surface area contributed by atoms with E-state index in [1.54, 1.807) is 0 Å². The smallest absolute Gasteiger partial charge is 0.0907 e. The Bertz CT molecular complexity index is 296. The van der Waals surface area contributed by atoms with Crippen LogP contribution in [-0.2, 0) is 6.54 Å². The maximum Gasteiger partial charge on any atom is 0.0907 e. The predicted octanol–water partition coefficient (Wildman–Crippen LogP) is -1.09. The van der Waals surface area contributed by atoms with Gasteiger partial charge in [-0.3, -0.25) is 0 Å². The lowest BCUT2D eigenvalue weighted by Crippen LogP contribution is -3.00. The largest absolute Gasteiger partial charge is 1.00 e. The van der Waals surface area contributed by atoms with Crippen LogP contribution in [0.3, 0.4) is 0 Å². The van der Waals surface area contributed by atoms with Crippen molar-refractivity contribution in [2.45, 2.75) is 6.54 Å². The van der Waals surface area contributed by atoms with E-state index in [9.17, 15) is 0 Å². The number of nitrogens with one attached hydrogen (secondary N) is 1. The predicted molar refractivity (Wildman–Crippen MR) is 80.0 cm³/mol. The Morgan fingerprint density at radius 1 is 1.06 bits per heavy atom. The molecule has 3 N–H and O–H groups in total. The molecule has 0 spiro atoms. The lowest BCUT2D eigenvalue weighted by atomic mass is 10.2. The average Bonchev–Trinajstić information content (AvgIpc) is 2.14. The van der Waals surface area contributed by atoms with Crippen LogP contribution in [0.15, 0.2) is 24.3 Å². The monoisotopic (exact) mass is 315 g/mol. The van der Waals surface area contributed by atoms with Gasteiger partial charge < -0.3 is 27.9 Å². The van der Waals surface area contributed by atoms with E-state index in [0.717, 1.165) is 29.8 Å². The first-order valence-corrected chi connectivity index (χ1v) is 5.33. The molecule has 0 atom stereocenters.